The number of aryl methyl sites for hydroxylation is 1. The fourth-order valence-corrected chi connectivity index (χ4v) is 2.34. The molecule has 1 atom stereocenters. The van der Waals surface area contributed by atoms with E-state index in [9.17, 15) is 9.59 Å². The molecule has 0 radical (unpaired) electrons. The molecule has 1 aliphatic heterocycles. The molecule has 1 unspecified atom stereocenters. The second-order valence-corrected chi connectivity index (χ2v) is 4.26. The third kappa shape index (κ3) is 1.22. The Morgan fingerprint density at radius 3 is 2.56 bits per heavy atom. The number of aromatic nitrogens is 1. The monoisotopic (exact) mass is 220 g/mol. The lowest BCUT2D eigenvalue weighted by molar-refractivity contribution is 0.0767. The smallest absolute Gasteiger partial charge is 0.272 e. The fourth-order valence-electron chi connectivity index (χ4n) is 2.34. The zero-order valence-electron chi connectivity index (χ0n) is 10.1. The van der Waals surface area contributed by atoms with Crippen LogP contribution >= 0.6 is 0 Å². The summed E-state index contributed by atoms with van der Waals surface area (Å²) in [5.74, 6) is -0.0508. The SMILES string of the molecule is CCc1c(C)cc(=O)n2c1C(=O)N(C)C2C. The molecule has 4 nitrogen and oxygen atoms in total. The van der Waals surface area contributed by atoms with Crippen molar-refractivity contribution < 1.29 is 4.79 Å². The Balaban J connectivity index is 2.83. The average molecular weight is 220 g/mol. The van der Waals surface area contributed by atoms with Crippen LogP contribution in [-0.2, 0) is 6.42 Å². The maximum Gasteiger partial charge on any atom is 0.272 e. The van der Waals surface area contributed by atoms with Crippen molar-refractivity contribution in [2.75, 3.05) is 7.05 Å². The van der Waals surface area contributed by atoms with Gasteiger partial charge < -0.3 is 4.90 Å². The number of nitrogens with zero attached hydrogens (tertiary/aromatic N) is 2. The maximum atomic E-state index is 12.1. The van der Waals surface area contributed by atoms with Crippen molar-refractivity contribution in [2.45, 2.75) is 33.4 Å². The van der Waals surface area contributed by atoms with Crippen LogP contribution in [-0.4, -0.2) is 22.4 Å². The minimum absolute atomic E-state index is 0.0508. The molecule has 0 aliphatic carbocycles. The molecule has 1 amide bonds. The Hall–Kier alpha value is -1.58. The van der Waals surface area contributed by atoms with Crippen molar-refractivity contribution in [1.82, 2.24) is 9.47 Å². The van der Waals surface area contributed by atoms with Gasteiger partial charge in [0.1, 0.15) is 11.9 Å². The van der Waals surface area contributed by atoms with Gasteiger partial charge in [0.25, 0.3) is 11.5 Å². The van der Waals surface area contributed by atoms with Gasteiger partial charge in [-0.3, -0.25) is 14.2 Å². The molecule has 1 aliphatic rings. The van der Waals surface area contributed by atoms with Crippen LogP contribution in [0.25, 0.3) is 0 Å². The van der Waals surface area contributed by atoms with Crippen molar-refractivity contribution in [1.29, 1.82) is 0 Å². The molecule has 1 aromatic heterocycles. The summed E-state index contributed by atoms with van der Waals surface area (Å²) < 4.78 is 1.59. The van der Waals surface area contributed by atoms with E-state index in [4.69, 9.17) is 0 Å². The van der Waals surface area contributed by atoms with Crippen LogP contribution in [0.2, 0.25) is 0 Å². The quantitative estimate of drug-likeness (QED) is 0.716. The van der Waals surface area contributed by atoms with Gasteiger partial charge in [-0.2, -0.15) is 0 Å². The average Bonchev–Trinajstić information content (AvgIpc) is 2.45. The molecule has 1 aromatic rings. The molecule has 4 heteroatoms. The number of hydrogen-bond donors (Lipinski definition) is 0. The summed E-state index contributed by atoms with van der Waals surface area (Å²) in [4.78, 5) is 25.5. The highest BCUT2D eigenvalue weighted by Crippen LogP contribution is 2.26. The van der Waals surface area contributed by atoms with E-state index < -0.39 is 0 Å². The van der Waals surface area contributed by atoms with Crippen LogP contribution in [0.1, 0.15) is 41.6 Å². The number of rotatable bonds is 1. The lowest BCUT2D eigenvalue weighted by Gasteiger charge is -2.15. The summed E-state index contributed by atoms with van der Waals surface area (Å²) in [6.45, 7) is 5.76. The van der Waals surface area contributed by atoms with Crippen molar-refractivity contribution in [3.63, 3.8) is 0 Å². The largest absolute Gasteiger partial charge is 0.320 e. The second-order valence-electron chi connectivity index (χ2n) is 4.26. The summed E-state index contributed by atoms with van der Waals surface area (Å²) in [7, 11) is 1.73. The molecule has 0 spiro atoms. The molecule has 0 fully saturated rings. The Morgan fingerprint density at radius 2 is 2.00 bits per heavy atom. The Morgan fingerprint density at radius 1 is 1.38 bits per heavy atom. The predicted molar refractivity (Wildman–Crippen MR) is 61.6 cm³/mol. The van der Waals surface area contributed by atoms with Gasteiger partial charge in [-0.05, 0) is 31.4 Å². The number of amides is 1. The van der Waals surface area contributed by atoms with Gasteiger partial charge in [0, 0.05) is 13.1 Å². The van der Waals surface area contributed by atoms with Gasteiger partial charge in [0.2, 0.25) is 0 Å². The third-order valence-corrected chi connectivity index (χ3v) is 3.39. The third-order valence-electron chi connectivity index (χ3n) is 3.39. The molecule has 2 heterocycles. The van der Waals surface area contributed by atoms with Crippen molar-refractivity contribution in [3.05, 3.63) is 33.2 Å². The zero-order valence-corrected chi connectivity index (χ0v) is 10.1. The molecule has 0 N–H and O–H groups in total. The topological polar surface area (TPSA) is 42.3 Å². The van der Waals surface area contributed by atoms with E-state index in [0.29, 0.717) is 5.69 Å². The van der Waals surface area contributed by atoms with E-state index in [1.54, 1.807) is 22.6 Å². The van der Waals surface area contributed by atoms with Crippen molar-refractivity contribution >= 4 is 5.91 Å². The first kappa shape index (κ1) is 10.9. The number of hydrogen-bond acceptors (Lipinski definition) is 2. The van der Waals surface area contributed by atoms with E-state index in [-0.39, 0.29) is 17.6 Å². The van der Waals surface area contributed by atoms with E-state index in [2.05, 4.69) is 0 Å². The summed E-state index contributed by atoms with van der Waals surface area (Å²) in [5, 5.41) is 0. The molecule has 0 saturated carbocycles. The summed E-state index contributed by atoms with van der Waals surface area (Å²) in [6, 6.07) is 1.62. The van der Waals surface area contributed by atoms with Crippen LogP contribution in [0.5, 0.6) is 0 Å². The number of pyridine rings is 1. The standard InChI is InChI=1S/C12H16N2O2/c1-5-9-7(2)6-10(15)14-8(3)13(4)12(16)11(9)14/h6,8H,5H2,1-4H3. The summed E-state index contributed by atoms with van der Waals surface area (Å²) in [5.41, 5.74) is 2.38. The fraction of sp³-hybridized carbons (Fsp3) is 0.500. The van der Waals surface area contributed by atoms with Crippen LogP contribution < -0.4 is 5.56 Å². The highest BCUT2D eigenvalue weighted by atomic mass is 16.2. The van der Waals surface area contributed by atoms with Gasteiger partial charge in [0.15, 0.2) is 0 Å². The lowest BCUT2D eigenvalue weighted by atomic mass is 10.0. The normalized spacial score (nSPS) is 19.1. The van der Waals surface area contributed by atoms with E-state index in [1.807, 2.05) is 20.8 Å². The number of carbonyl (C=O) groups is 1. The van der Waals surface area contributed by atoms with Gasteiger partial charge >= 0.3 is 0 Å². The van der Waals surface area contributed by atoms with Crippen molar-refractivity contribution in [2.24, 2.45) is 0 Å². The first-order chi connectivity index (χ1) is 7.49. The van der Waals surface area contributed by atoms with E-state index in [0.717, 1.165) is 17.5 Å². The van der Waals surface area contributed by atoms with Gasteiger partial charge in [0.05, 0.1) is 0 Å². The van der Waals surface area contributed by atoms with Crippen LogP contribution in [0, 0.1) is 6.92 Å². The van der Waals surface area contributed by atoms with Crippen LogP contribution in [0.3, 0.4) is 0 Å². The Kier molecular flexibility index (Phi) is 2.37. The molecule has 0 bridgehead atoms. The highest BCUT2D eigenvalue weighted by molar-refractivity contribution is 5.96. The van der Waals surface area contributed by atoms with Gasteiger partial charge in [-0.1, -0.05) is 6.92 Å². The lowest BCUT2D eigenvalue weighted by Crippen LogP contribution is -2.26. The molecule has 2 rings (SSSR count). The number of carbonyl (C=O) groups excluding carboxylic acids is 1. The van der Waals surface area contributed by atoms with Gasteiger partial charge in [-0.25, -0.2) is 0 Å². The highest BCUT2D eigenvalue weighted by Gasteiger charge is 2.34. The molecule has 16 heavy (non-hydrogen) atoms. The molecule has 86 valence electrons. The summed E-state index contributed by atoms with van der Waals surface area (Å²) in [6.07, 6.45) is 0.592. The zero-order chi connectivity index (χ0) is 12.0. The Bertz CT molecular complexity index is 516. The minimum atomic E-state index is -0.180. The minimum Gasteiger partial charge on any atom is -0.320 e. The van der Waals surface area contributed by atoms with Crippen LogP contribution in [0.4, 0.5) is 0 Å². The molecule has 0 aromatic carbocycles. The first-order valence-corrected chi connectivity index (χ1v) is 5.51. The molecular formula is C12H16N2O2. The predicted octanol–water partition coefficient (Wildman–Crippen LogP) is 1.32. The van der Waals surface area contributed by atoms with Gasteiger partial charge in [-0.15, -0.1) is 0 Å². The molecular weight excluding hydrogens is 204 g/mol. The van der Waals surface area contributed by atoms with Crippen LogP contribution in [0.15, 0.2) is 10.9 Å². The molecule has 0 saturated heterocycles. The first-order valence-electron chi connectivity index (χ1n) is 5.51. The van der Waals surface area contributed by atoms with E-state index >= 15 is 0 Å². The summed E-state index contributed by atoms with van der Waals surface area (Å²) >= 11 is 0. The number of fused-ring (bicyclic) bond motifs is 1. The Labute approximate surface area is 94.5 Å². The van der Waals surface area contributed by atoms with Crippen molar-refractivity contribution in [3.8, 4) is 0 Å². The second kappa shape index (κ2) is 3.47. The van der Waals surface area contributed by atoms with E-state index in [1.165, 1.54) is 0 Å². The maximum absolute atomic E-state index is 12.1.